The molecule has 2 aliphatic rings. The Morgan fingerprint density at radius 3 is 2.56 bits per heavy atom. The van der Waals surface area contributed by atoms with E-state index in [1.165, 1.54) is 6.42 Å². The molecule has 1 amide bonds. The molecule has 0 N–H and O–H groups in total. The van der Waals surface area contributed by atoms with Gasteiger partial charge in [0.25, 0.3) is 0 Å². The van der Waals surface area contributed by atoms with E-state index in [4.69, 9.17) is 9.47 Å². The summed E-state index contributed by atoms with van der Waals surface area (Å²) < 4.78 is 10.9. The SMILES string of the molecule is CN(Cc1ccc2c(c1)OCO2)[C@@H](C(=O)N1CCCCC1)c1ccccc1. The minimum absolute atomic E-state index is 0.198. The number of fused-ring (bicyclic) bond motifs is 1. The van der Waals surface area contributed by atoms with Crippen LogP contribution in [-0.4, -0.2) is 42.6 Å². The third-order valence-corrected chi connectivity index (χ3v) is 5.33. The van der Waals surface area contributed by atoms with Gasteiger partial charge >= 0.3 is 0 Å². The summed E-state index contributed by atoms with van der Waals surface area (Å²) in [5.41, 5.74) is 2.14. The van der Waals surface area contributed by atoms with Crippen LogP contribution < -0.4 is 9.47 Å². The molecule has 5 heteroatoms. The summed E-state index contributed by atoms with van der Waals surface area (Å²) in [7, 11) is 2.02. The molecule has 0 unspecified atom stereocenters. The number of carbonyl (C=O) groups is 1. The number of likely N-dealkylation sites (tertiary alicyclic amines) is 1. The average molecular weight is 366 g/mol. The van der Waals surface area contributed by atoms with Crippen LogP contribution in [0.1, 0.15) is 36.4 Å². The molecule has 4 rings (SSSR count). The van der Waals surface area contributed by atoms with E-state index in [0.29, 0.717) is 6.54 Å². The molecule has 27 heavy (non-hydrogen) atoms. The Hall–Kier alpha value is -2.53. The monoisotopic (exact) mass is 366 g/mol. The van der Waals surface area contributed by atoms with Gasteiger partial charge in [-0.3, -0.25) is 9.69 Å². The molecule has 2 aromatic rings. The van der Waals surface area contributed by atoms with E-state index in [1.807, 2.05) is 60.5 Å². The molecule has 5 nitrogen and oxygen atoms in total. The molecule has 0 spiro atoms. The van der Waals surface area contributed by atoms with Crippen molar-refractivity contribution < 1.29 is 14.3 Å². The second-order valence-corrected chi connectivity index (χ2v) is 7.30. The van der Waals surface area contributed by atoms with Crippen LogP contribution in [-0.2, 0) is 11.3 Å². The van der Waals surface area contributed by atoms with Crippen LogP contribution in [0.4, 0.5) is 0 Å². The standard InChI is InChI=1S/C22H26N2O3/c1-23(15-17-10-11-19-20(14-17)27-16-26-19)21(18-8-4-2-5-9-18)22(25)24-12-6-3-7-13-24/h2,4-5,8-11,14,21H,3,6-7,12-13,15-16H2,1H3/t21-/m1/s1. The van der Waals surface area contributed by atoms with Gasteiger partial charge < -0.3 is 14.4 Å². The molecule has 0 radical (unpaired) electrons. The number of hydrogen-bond acceptors (Lipinski definition) is 4. The summed E-state index contributed by atoms with van der Waals surface area (Å²) >= 11 is 0. The first kappa shape index (κ1) is 17.9. The number of piperidine rings is 1. The Bertz CT molecular complexity index is 787. The quantitative estimate of drug-likeness (QED) is 0.811. The van der Waals surface area contributed by atoms with Crippen molar-refractivity contribution in [3.05, 3.63) is 59.7 Å². The first-order chi connectivity index (χ1) is 13.2. The first-order valence-electron chi connectivity index (χ1n) is 9.65. The minimum Gasteiger partial charge on any atom is -0.454 e. The molecule has 2 heterocycles. The Balaban J connectivity index is 1.56. The fourth-order valence-electron chi connectivity index (χ4n) is 3.93. The molecule has 0 saturated carbocycles. The van der Waals surface area contributed by atoms with E-state index in [1.54, 1.807) is 0 Å². The second kappa shape index (κ2) is 8.01. The van der Waals surface area contributed by atoms with Crippen molar-refractivity contribution in [2.45, 2.75) is 31.8 Å². The van der Waals surface area contributed by atoms with E-state index in [2.05, 4.69) is 4.90 Å². The van der Waals surface area contributed by atoms with Crippen LogP contribution >= 0.6 is 0 Å². The van der Waals surface area contributed by atoms with Gasteiger partial charge in [0.05, 0.1) is 0 Å². The van der Waals surface area contributed by atoms with Crippen molar-refractivity contribution in [1.29, 1.82) is 0 Å². The van der Waals surface area contributed by atoms with E-state index >= 15 is 0 Å². The van der Waals surface area contributed by atoms with Gasteiger partial charge in [0.2, 0.25) is 12.7 Å². The van der Waals surface area contributed by atoms with Crippen molar-refractivity contribution >= 4 is 5.91 Å². The molecule has 142 valence electrons. The molecule has 0 aliphatic carbocycles. The zero-order valence-electron chi connectivity index (χ0n) is 15.8. The van der Waals surface area contributed by atoms with Crippen molar-refractivity contribution in [3.63, 3.8) is 0 Å². The average Bonchev–Trinajstić information content (AvgIpc) is 3.17. The van der Waals surface area contributed by atoms with Crippen molar-refractivity contribution in [1.82, 2.24) is 9.80 Å². The van der Waals surface area contributed by atoms with Crippen LogP contribution in [0.5, 0.6) is 11.5 Å². The molecule has 1 atom stereocenters. The number of likely N-dealkylation sites (N-methyl/N-ethyl adjacent to an activating group) is 1. The van der Waals surface area contributed by atoms with Crippen LogP contribution in [0.2, 0.25) is 0 Å². The Morgan fingerprint density at radius 1 is 1.04 bits per heavy atom. The van der Waals surface area contributed by atoms with Crippen LogP contribution in [0.25, 0.3) is 0 Å². The van der Waals surface area contributed by atoms with Crippen molar-refractivity contribution in [3.8, 4) is 11.5 Å². The lowest BCUT2D eigenvalue weighted by atomic mass is 10.0. The molecular weight excluding hydrogens is 340 g/mol. The van der Waals surface area contributed by atoms with Gasteiger partial charge in [-0.15, -0.1) is 0 Å². The summed E-state index contributed by atoms with van der Waals surface area (Å²) in [5, 5.41) is 0. The fourth-order valence-corrected chi connectivity index (χ4v) is 3.93. The Kier molecular flexibility index (Phi) is 5.30. The van der Waals surface area contributed by atoms with Gasteiger partial charge in [0, 0.05) is 19.6 Å². The number of nitrogens with zero attached hydrogens (tertiary/aromatic N) is 2. The molecule has 1 saturated heterocycles. The van der Waals surface area contributed by atoms with E-state index < -0.39 is 0 Å². The van der Waals surface area contributed by atoms with E-state index in [9.17, 15) is 4.79 Å². The summed E-state index contributed by atoms with van der Waals surface area (Å²) in [6, 6.07) is 15.8. The first-order valence-corrected chi connectivity index (χ1v) is 9.65. The highest BCUT2D eigenvalue weighted by atomic mass is 16.7. The van der Waals surface area contributed by atoms with Gasteiger partial charge in [-0.05, 0) is 49.6 Å². The maximum Gasteiger partial charge on any atom is 0.244 e. The maximum atomic E-state index is 13.4. The van der Waals surface area contributed by atoms with Crippen molar-refractivity contribution in [2.24, 2.45) is 0 Å². The van der Waals surface area contributed by atoms with Gasteiger partial charge in [-0.2, -0.15) is 0 Å². The Labute approximate surface area is 160 Å². The zero-order valence-corrected chi connectivity index (χ0v) is 15.8. The Morgan fingerprint density at radius 2 is 1.78 bits per heavy atom. The van der Waals surface area contributed by atoms with Crippen LogP contribution in [0.3, 0.4) is 0 Å². The normalized spacial score (nSPS) is 17.2. The molecule has 2 aliphatic heterocycles. The van der Waals surface area contributed by atoms with Gasteiger partial charge in [0.15, 0.2) is 11.5 Å². The van der Waals surface area contributed by atoms with Crippen LogP contribution in [0, 0.1) is 0 Å². The van der Waals surface area contributed by atoms with Gasteiger partial charge in [0.1, 0.15) is 6.04 Å². The lowest BCUT2D eigenvalue weighted by Gasteiger charge is -2.34. The highest BCUT2D eigenvalue weighted by Crippen LogP contribution is 2.33. The number of rotatable bonds is 5. The van der Waals surface area contributed by atoms with E-state index in [0.717, 1.165) is 48.6 Å². The second-order valence-electron chi connectivity index (χ2n) is 7.30. The van der Waals surface area contributed by atoms with Crippen LogP contribution in [0.15, 0.2) is 48.5 Å². The predicted octanol–water partition coefficient (Wildman–Crippen LogP) is 3.60. The smallest absolute Gasteiger partial charge is 0.244 e. The predicted molar refractivity (Wildman–Crippen MR) is 104 cm³/mol. The summed E-state index contributed by atoms with van der Waals surface area (Å²) in [6.07, 6.45) is 3.41. The maximum absolute atomic E-state index is 13.4. The number of amides is 1. The molecule has 0 bridgehead atoms. The van der Waals surface area contributed by atoms with Gasteiger partial charge in [-0.1, -0.05) is 36.4 Å². The zero-order chi connectivity index (χ0) is 18.6. The number of benzene rings is 2. The number of ether oxygens (including phenoxy) is 2. The highest BCUT2D eigenvalue weighted by molar-refractivity contribution is 5.83. The molecule has 2 aromatic carbocycles. The van der Waals surface area contributed by atoms with Crippen molar-refractivity contribution in [2.75, 3.05) is 26.9 Å². The summed E-state index contributed by atoms with van der Waals surface area (Å²) in [5.74, 6) is 1.76. The minimum atomic E-state index is -0.283. The van der Waals surface area contributed by atoms with E-state index in [-0.39, 0.29) is 18.7 Å². The summed E-state index contributed by atoms with van der Waals surface area (Å²) in [6.45, 7) is 2.66. The fraction of sp³-hybridized carbons (Fsp3) is 0.409. The lowest BCUT2D eigenvalue weighted by molar-refractivity contribution is -0.138. The third-order valence-electron chi connectivity index (χ3n) is 5.33. The topological polar surface area (TPSA) is 42.0 Å². The molecule has 1 fully saturated rings. The largest absolute Gasteiger partial charge is 0.454 e. The number of hydrogen-bond donors (Lipinski definition) is 0. The summed E-state index contributed by atoms with van der Waals surface area (Å²) in [4.78, 5) is 17.5. The third kappa shape index (κ3) is 3.93. The van der Waals surface area contributed by atoms with Gasteiger partial charge in [-0.25, -0.2) is 0 Å². The number of carbonyl (C=O) groups excluding carboxylic acids is 1. The highest BCUT2D eigenvalue weighted by Gasteiger charge is 2.30. The molecular formula is C22H26N2O3. The molecule has 0 aromatic heterocycles. The lowest BCUT2D eigenvalue weighted by Crippen LogP contribution is -2.43.